The van der Waals surface area contributed by atoms with E-state index in [9.17, 15) is 9.59 Å². The minimum Gasteiger partial charge on any atom is -0.410 e. The quantitative estimate of drug-likeness (QED) is 0.810. The number of nitrogens with zero attached hydrogens (tertiary/aromatic N) is 3. The number of ether oxygens (including phenoxy) is 1. The Morgan fingerprint density at radius 3 is 2.54 bits per heavy atom. The van der Waals surface area contributed by atoms with E-state index in [2.05, 4.69) is 32.7 Å². The normalized spacial score (nSPS) is 25.9. The molecule has 9 heteroatoms. The number of anilines is 1. The number of amides is 2. The van der Waals surface area contributed by atoms with Gasteiger partial charge >= 0.3 is 12.1 Å². The molecule has 5 rings (SSSR count). The topological polar surface area (TPSA) is 110 Å². The van der Waals surface area contributed by atoms with Crippen LogP contribution in [0.3, 0.4) is 0 Å². The highest BCUT2D eigenvalue weighted by molar-refractivity contribution is 5.94. The van der Waals surface area contributed by atoms with Gasteiger partial charge in [0, 0.05) is 24.6 Å². The molecule has 4 heterocycles. The monoisotopic (exact) mass is 385 g/mol. The predicted molar refractivity (Wildman–Crippen MR) is 100 cm³/mol. The molecular weight excluding hydrogens is 362 g/mol. The molecule has 1 aromatic carbocycles. The van der Waals surface area contributed by atoms with Crippen molar-refractivity contribution in [1.82, 2.24) is 20.4 Å². The minimum absolute atomic E-state index is 0.0369. The van der Waals surface area contributed by atoms with E-state index < -0.39 is 0 Å². The van der Waals surface area contributed by atoms with E-state index in [1.165, 1.54) is 6.92 Å². The van der Waals surface area contributed by atoms with E-state index in [-0.39, 0.29) is 29.9 Å². The van der Waals surface area contributed by atoms with E-state index in [0.29, 0.717) is 23.3 Å². The molecule has 3 fully saturated rings. The van der Waals surface area contributed by atoms with Crippen LogP contribution in [0, 0.1) is 5.92 Å². The second-order valence-corrected chi connectivity index (χ2v) is 7.29. The molecule has 2 aromatic rings. The molecule has 2 amide bonds. The van der Waals surface area contributed by atoms with Crippen LogP contribution in [0.4, 0.5) is 6.01 Å². The third-order valence-corrected chi connectivity index (χ3v) is 5.49. The Kier molecular flexibility index (Phi) is 4.99. The maximum Gasteiger partial charge on any atom is 0.421 e. The smallest absolute Gasteiger partial charge is 0.410 e. The fourth-order valence-corrected chi connectivity index (χ4v) is 4.01. The zero-order valence-electron chi connectivity index (χ0n) is 15.8. The number of piperidine rings is 3. The largest absolute Gasteiger partial charge is 0.421 e. The average molecular weight is 385 g/mol. The van der Waals surface area contributed by atoms with Crippen molar-refractivity contribution < 1.29 is 18.7 Å². The summed E-state index contributed by atoms with van der Waals surface area (Å²) in [6.07, 6.45) is 2.20. The summed E-state index contributed by atoms with van der Waals surface area (Å²) in [4.78, 5) is 26.1. The van der Waals surface area contributed by atoms with Crippen molar-refractivity contribution in [3.05, 3.63) is 29.8 Å². The lowest BCUT2D eigenvalue weighted by molar-refractivity contribution is -0.114. The van der Waals surface area contributed by atoms with Gasteiger partial charge in [-0.25, -0.2) is 0 Å². The Balaban J connectivity index is 1.37. The second-order valence-electron chi connectivity index (χ2n) is 7.29. The molecule has 2 atom stereocenters. The molecule has 28 heavy (non-hydrogen) atoms. The SMILES string of the molecule is CC(=O)Nc1nnc(Oc2ccc(C(=O)N[C@@H]3C4CCN(CC4)[C@H]3C)cc2)o1. The van der Waals surface area contributed by atoms with Crippen LogP contribution in [0.25, 0.3) is 0 Å². The van der Waals surface area contributed by atoms with Crippen molar-refractivity contribution in [2.75, 3.05) is 18.4 Å². The van der Waals surface area contributed by atoms with Gasteiger partial charge in [0.2, 0.25) is 5.91 Å². The van der Waals surface area contributed by atoms with Gasteiger partial charge in [-0.2, -0.15) is 0 Å². The third kappa shape index (κ3) is 3.84. The van der Waals surface area contributed by atoms with Crippen LogP contribution in [0.1, 0.15) is 37.0 Å². The lowest BCUT2D eigenvalue weighted by Gasteiger charge is -2.49. The van der Waals surface area contributed by atoms with Gasteiger partial charge in [-0.15, -0.1) is 0 Å². The summed E-state index contributed by atoms with van der Waals surface area (Å²) in [6, 6.07) is 7.24. The summed E-state index contributed by atoms with van der Waals surface area (Å²) in [5.74, 6) is 0.610. The molecule has 3 saturated heterocycles. The molecule has 0 aliphatic carbocycles. The molecule has 3 aliphatic rings. The number of hydrogen-bond donors (Lipinski definition) is 2. The standard InChI is InChI=1S/C19H23N5O4/c1-11-16(13-7-9-24(11)10-8-13)21-17(26)14-3-5-15(6-4-14)27-19-23-22-18(28-19)20-12(2)25/h3-6,11,13,16H,7-10H2,1-2H3,(H,21,26)(H,20,22,25)/t11-,16-/m0/s1. The van der Waals surface area contributed by atoms with Crippen LogP contribution in [-0.4, -0.2) is 52.1 Å². The fourth-order valence-electron chi connectivity index (χ4n) is 4.01. The van der Waals surface area contributed by atoms with E-state index in [1.807, 2.05) is 0 Å². The van der Waals surface area contributed by atoms with Crippen molar-refractivity contribution in [2.24, 2.45) is 5.92 Å². The second kappa shape index (κ2) is 7.59. The van der Waals surface area contributed by atoms with Crippen molar-refractivity contribution >= 4 is 17.8 Å². The Morgan fingerprint density at radius 2 is 1.89 bits per heavy atom. The zero-order valence-corrected chi connectivity index (χ0v) is 15.8. The Morgan fingerprint density at radius 1 is 1.18 bits per heavy atom. The maximum atomic E-state index is 12.7. The number of fused-ring (bicyclic) bond motifs is 3. The maximum absolute atomic E-state index is 12.7. The van der Waals surface area contributed by atoms with Crippen molar-refractivity contribution in [3.8, 4) is 11.8 Å². The van der Waals surface area contributed by atoms with Crippen molar-refractivity contribution in [3.63, 3.8) is 0 Å². The molecule has 0 unspecified atom stereocenters. The number of aromatic nitrogens is 2. The van der Waals surface area contributed by atoms with Crippen LogP contribution in [-0.2, 0) is 4.79 Å². The number of hydrogen-bond acceptors (Lipinski definition) is 7. The summed E-state index contributed by atoms with van der Waals surface area (Å²) < 4.78 is 10.6. The summed E-state index contributed by atoms with van der Waals surface area (Å²) in [5.41, 5.74) is 0.570. The van der Waals surface area contributed by atoms with Crippen LogP contribution < -0.4 is 15.4 Å². The van der Waals surface area contributed by atoms with Crippen LogP contribution >= 0.6 is 0 Å². The van der Waals surface area contributed by atoms with Gasteiger partial charge < -0.3 is 14.5 Å². The highest BCUT2D eigenvalue weighted by Gasteiger charge is 2.40. The van der Waals surface area contributed by atoms with E-state index in [4.69, 9.17) is 9.15 Å². The molecule has 3 aliphatic heterocycles. The van der Waals surface area contributed by atoms with E-state index >= 15 is 0 Å². The average Bonchev–Trinajstić information content (AvgIpc) is 3.11. The lowest BCUT2D eigenvalue weighted by Crippen LogP contribution is -2.62. The summed E-state index contributed by atoms with van der Waals surface area (Å²) in [5, 5.41) is 12.9. The lowest BCUT2D eigenvalue weighted by atomic mass is 9.79. The molecule has 0 saturated carbocycles. The van der Waals surface area contributed by atoms with Crippen molar-refractivity contribution in [2.45, 2.75) is 38.8 Å². The number of carbonyl (C=O) groups is 2. The molecule has 2 N–H and O–H groups in total. The summed E-state index contributed by atoms with van der Waals surface area (Å²) in [7, 11) is 0. The molecule has 9 nitrogen and oxygen atoms in total. The van der Waals surface area contributed by atoms with Gasteiger partial charge in [0.1, 0.15) is 5.75 Å². The van der Waals surface area contributed by atoms with Gasteiger partial charge in [0.05, 0.1) is 0 Å². The number of carbonyl (C=O) groups excluding carboxylic acids is 2. The Labute approximate surface area is 162 Å². The highest BCUT2D eigenvalue weighted by atomic mass is 16.6. The van der Waals surface area contributed by atoms with E-state index in [1.54, 1.807) is 24.3 Å². The third-order valence-electron chi connectivity index (χ3n) is 5.49. The number of benzene rings is 1. The van der Waals surface area contributed by atoms with E-state index in [0.717, 1.165) is 25.9 Å². The zero-order chi connectivity index (χ0) is 19.7. The highest BCUT2D eigenvalue weighted by Crippen LogP contribution is 2.32. The van der Waals surface area contributed by atoms with Gasteiger partial charge in [0.25, 0.3) is 5.91 Å². The molecular formula is C19H23N5O4. The first kappa shape index (κ1) is 18.4. The van der Waals surface area contributed by atoms with Crippen LogP contribution in [0.5, 0.6) is 11.8 Å². The molecule has 148 valence electrons. The van der Waals surface area contributed by atoms with Crippen molar-refractivity contribution in [1.29, 1.82) is 0 Å². The predicted octanol–water partition coefficient (Wildman–Crippen LogP) is 2.03. The first-order valence-electron chi connectivity index (χ1n) is 9.43. The molecule has 0 radical (unpaired) electrons. The summed E-state index contributed by atoms with van der Waals surface area (Å²) in [6.45, 7) is 5.78. The number of rotatable bonds is 5. The first-order valence-corrected chi connectivity index (χ1v) is 9.43. The molecule has 2 bridgehead atoms. The molecule has 1 aromatic heterocycles. The summed E-state index contributed by atoms with van der Waals surface area (Å²) >= 11 is 0. The van der Waals surface area contributed by atoms with Gasteiger partial charge in [-0.3, -0.25) is 19.8 Å². The fraction of sp³-hybridized carbons (Fsp3) is 0.474. The minimum atomic E-state index is -0.317. The van der Waals surface area contributed by atoms with Gasteiger partial charge in [-0.1, -0.05) is 10.2 Å². The number of nitrogens with one attached hydrogen (secondary N) is 2. The molecule has 0 spiro atoms. The first-order chi connectivity index (χ1) is 13.5. The Bertz CT molecular complexity index is 855. The van der Waals surface area contributed by atoms with Crippen LogP contribution in [0.15, 0.2) is 28.7 Å². The van der Waals surface area contributed by atoms with Gasteiger partial charge in [0.15, 0.2) is 0 Å². The van der Waals surface area contributed by atoms with Crippen LogP contribution in [0.2, 0.25) is 0 Å². The Hall–Kier alpha value is -2.94. The van der Waals surface area contributed by atoms with Gasteiger partial charge in [-0.05, 0) is 63.0 Å².